The van der Waals surface area contributed by atoms with E-state index >= 15 is 0 Å². The minimum atomic E-state index is -0.166. The quantitative estimate of drug-likeness (QED) is 0.875. The van der Waals surface area contributed by atoms with Gasteiger partial charge in [0.05, 0.1) is 30.3 Å². The maximum atomic E-state index is 12.7. The zero-order valence-corrected chi connectivity index (χ0v) is 14.4. The van der Waals surface area contributed by atoms with Crippen molar-refractivity contribution in [3.05, 3.63) is 51.7 Å². The number of nitrogens with one attached hydrogen (secondary N) is 1. The van der Waals surface area contributed by atoms with E-state index in [4.69, 9.17) is 4.74 Å². The molecular weight excluding hydrogens is 322 g/mol. The Hall–Kier alpha value is -2.61. The molecule has 0 aromatic carbocycles. The van der Waals surface area contributed by atoms with Crippen molar-refractivity contribution in [3.8, 4) is 0 Å². The smallest absolute Gasteiger partial charge is 0.257 e. The van der Waals surface area contributed by atoms with E-state index in [9.17, 15) is 9.59 Å². The van der Waals surface area contributed by atoms with Gasteiger partial charge in [-0.1, -0.05) is 0 Å². The first-order valence-corrected chi connectivity index (χ1v) is 8.27. The van der Waals surface area contributed by atoms with Crippen LogP contribution in [0.15, 0.2) is 23.4 Å². The number of H-pyrrole nitrogens is 1. The summed E-state index contributed by atoms with van der Waals surface area (Å²) in [4.78, 5) is 40.8. The van der Waals surface area contributed by atoms with Crippen LogP contribution in [0.25, 0.3) is 0 Å². The number of hydrogen-bond donors (Lipinski definition) is 1. The fraction of sp³-hybridized carbons (Fsp3) is 0.471. The van der Waals surface area contributed by atoms with Crippen LogP contribution in [0, 0.1) is 13.8 Å². The fourth-order valence-corrected chi connectivity index (χ4v) is 2.90. The van der Waals surface area contributed by atoms with Crippen molar-refractivity contribution in [3.63, 3.8) is 0 Å². The van der Waals surface area contributed by atoms with Crippen molar-refractivity contribution < 1.29 is 9.53 Å². The van der Waals surface area contributed by atoms with Gasteiger partial charge >= 0.3 is 0 Å². The monoisotopic (exact) mass is 343 g/mol. The Balaban J connectivity index is 1.62. The number of carbonyl (C=O) groups excluding carboxylic acids is 1. The molecule has 1 aliphatic rings. The molecule has 0 aliphatic carbocycles. The van der Waals surface area contributed by atoms with Gasteiger partial charge in [0.15, 0.2) is 0 Å². The third kappa shape index (κ3) is 4.27. The van der Waals surface area contributed by atoms with E-state index < -0.39 is 0 Å². The number of rotatable bonds is 4. The molecule has 2 aromatic rings. The molecule has 1 N–H and O–H groups in total. The summed E-state index contributed by atoms with van der Waals surface area (Å²) in [6.45, 7) is 5.17. The van der Waals surface area contributed by atoms with Crippen molar-refractivity contribution in [2.24, 2.45) is 0 Å². The van der Waals surface area contributed by atoms with E-state index in [-0.39, 0.29) is 17.6 Å². The highest BCUT2D eigenvalue weighted by Crippen LogP contribution is 2.15. The average Bonchev–Trinajstić information content (AvgIpc) is 2.60. The van der Waals surface area contributed by atoms with Gasteiger partial charge < -0.3 is 14.6 Å². The lowest BCUT2D eigenvalue weighted by Crippen LogP contribution is -2.46. The molecule has 8 heteroatoms. The number of aromatic amines is 1. The Bertz CT molecular complexity index is 820. The van der Waals surface area contributed by atoms with Crippen LogP contribution < -0.4 is 5.56 Å². The second kappa shape index (κ2) is 7.52. The Morgan fingerprint density at radius 1 is 1.40 bits per heavy atom. The largest absolute Gasteiger partial charge is 0.375 e. The highest BCUT2D eigenvalue weighted by atomic mass is 16.5. The molecule has 3 rings (SSSR count). The summed E-state index contributed by atoms with van der Waals surface area (Å²) in [5.74, 6) is 0.583. The van der Waals surface area contributed by atoms with Crippen LogP contribution in [0.1, 0.15) is 34.0 Å². The van der Waals surface area contributed by atoms with Gasteiger partial charge in [0, 0.05) is 31.0 Å². The summed E-state index contributed by atoms with van der Waals surface area (Å²) in [6.07, 6.45) is 4.23. The maximum Gasteiger partial charge on any atom is 0.257 e. The number of aromatic nitrogens is 4. The Morgan fingerprint density at radius 3 is 3.00 bits per heavy atom. The predicted molar refractivity (Wildman–Crippen MR) is 90.3 cm³/mol. The summed E-state index contributed by atoms with van der Waals surface area (Å²) in [6, 6.07) is 1.48. The zero-order chi connectivity index (χ0) is 17.8. The molecule has 1 atom stereocenters. The van der Waals surface area contributed by atoms with E-state index in [0.717, 1.165) is 5.69 Å². The summed E-state index contributed by atoms with van der Waals surface area (Å²) < 4.78 is 5.76. The topological polar surface area (TPSA) is 101 Å². The van der Waals surface area contributed by atoms with Crippen LogP contribution in [0.3, 0.4) is 0 Å². The number of nitrogens with zero attached hydrogens (tertiary/aromatic N) is 4. The number of ether oxygens (including phenoxy) is 1. The molecule has 0 spiro atoms. The van der Waals surface area contributed by atoms with Gasteiger partial charge in [-0.2, -0.15) is 0 Å². The first kappa shape index (κ1) is 17.2. The predicted octanol–water partition coefficient (Wildman–Crippen LogP) is 0.651. The first-order chi connectivity index (χ1) is 12.0. The van der Waals surface area contributed by atoms with E-state index in [0.29, 0.717) is 49.6 Å². The molecule has 1 saturated heterocycles. The third-order valence-electron chi connectivity index (χ3n) is 4.21. The van der Waals surface area contributed by atoms with Crippen molar-refractivity contribution in [2.75, 3.05) is 19.7 Å². The Labute approximate surface area is 145 Å². The van der Waals surface area contributed by atoms with Gasteiger partial charge in [-0.25, -0.2) is 15.0 Å². The Kier molecular flexibility index (Phi) is 5.18. The summed E-state index contributed by atoms with van der Waals surface area (Å²) >= 11 is 0. The number of amides is 1. The fourth-order valence-electron chi connectivity index (χ4n) is 2.90. The normalized spacial score (nSPS) is 17.5. The molecule has 1 fully saturated rings. The van der Waals surface area contributed by atoms with Gasteiger partial charge in [0.25, 0.3) is 11.5 Å². The number of aryl methyl sites for hydroxylation is 3. The Morgan fingerprint density at radius 2 is 2.24 bits per heavy atom. The highest BCUT2D eigenvalue weighted by molar-refractivity contribution is 5.95. The van der Waals surface area contributed by atoms with Gasteiger partial charge in [0.2, 0.25) is 0 Å². The van der Waals surface area contributed by atoms with Crippen molar-refractivity contribution >= 4 is 5.91 Å². The van der Waals surface area contributed by atoms with Crippen LogP contribution in [0.4, 0.5) is 0 Å². The molecule has 1 amide bonds. The molecule has 3 heterocycles. The molecule has 25 heavy (non-hydrogen) atoms. The van der Waals surface area contributed by atoms with Crippen molar-refractivity contribution in [1.29, 1.82) is 0 Å². The lowest BCUT2D eigenvalue weighted by atomic mass is 10.1. The lowest BCUT2D eigenvalue weighted by molar-refractivity contribution is -0.0247. The molecule has 8 nitrogen and oxygen atoms in total. The van der Waals surface area contributed by atoms with Crippen LogP contribution in [0.5, 0.6) is 0 Å². The SMILES string of the molecule is Cc1ncc(C(=O)N2CCO[C@@H](CCc3cc(=O)[nH]cn3)C2)c(C)n1. The summed E-state index contributed by atoms with van der Waals surface area (Å²) in [7, 11) is 0. The van der Waals surface area contributed by atoms with Crippen molar-refractivity contribution in [1.82, 2.24) is 24.8 Å². The standard InChI is InChI=1S/C17H21N5O3/c1-11-15(8-18-12(2)21-11)17(24)22-5-6-25-14(9-22)4-3-13-7-16(23)20-10-19-13/h7-8,10,14H,3-6,9H2,1-2H3,(H,19,20,23)/t14-/m0/s1. The number of morpholine rings is 1. The molecule has 2 aromatic heterocycles. The molecule has 132 valence electrons. The lowest BCUT2D eigenvalue weighted by Gasteiger charge is -2.33. The maximum absolute atomic E-state index is 12.7. The van der Waals surface area contributed by atoms with E-state index in [1.807, 2.05) is 6.92 Å². The second-order valence-corrected chi connectivity index (χ2v) is 6.10. The molecule has 0 bridgehead atoms. The molecular formula is C17H21N5O3. The second-order valence-electron chi connectivity index (χ2n) is 6.10. The number of carbonyl (C=O) groups is 1. The van der Waals surface area contributed by atoms with Crippen LogP contribution in [-0.2, 0) is 11.2 Å². The first-order valence-electron chi connectivity index (χ1n) is 8.27. The molecule has 0 saturated carbocycles. The molecule has 1 aliphatic heterocycles. The average molecular weight is 343 g/mol. The summed E-state index contributed by atoms with van der Waals surface area (Å²) in [5.41, 5.74) is 1.77. The molecule has 0 radical (unpaired) electrons. The van der Waals surface area contributed by atoms with Crippen LogP contribution in [0.2, 0.25) is 0 Å². The summed E-state index contributed by atoms with van der Waals surface area (Å²) in [5, 5.41) is 0. The minimum absolute atomic E-state index is 0.0694. The highest BCUT2D eigenvalue weighted by Gasteiger charge is 2.26. The van der Waals surface area contributed by atoms with Gasteiger partial charge in [0.1, 0.15) is 5.82 Å². The minimum Gasteiger partial charge on any atom is -0.375 e. The van der Waals surface area contributed by atoms with Gasteiger partial charge in [-0.15, -0.1) is 0 Å². The van der Waals surface area contributed by atoms with Gasteiger partial charge in [-0.05, 0) is 26.7 Å². The number of hydrogen-bond acceptors (Lipinski definition) is 6. The van der Waals surface area contributed by atoms with Gasteiger partial charge in [-0.3, -0.25) is 9.59 Å². The van der Waals surface area contributed by atoms with E-state index in [1.54, 1.807) is 18.0 Å². The van der Waals surface area contributed by atoms with Crippen LogP contribution >= 0.6 is 0 Å². The van der Waals surface area contributed by atoms with Crippen LogP contribution in [-0.4, -0.2) is 56.5 Å². The molecule has 0 unspecified atom stereocenters. The van der Waals surface area contributed by atoms with Crippen molar-refractivity contribution in [2.45, 2.75) is 32.8 Å². The van der Waals surface area contributed by atoms with E-state index in [1.165, 1.54) is 12.4 Å². The van der Waals surface area contributed by atoms with E-state index in [2.05, 4.69) is 19.9 Å². The third-order valence-corrected chi connectivity index (χ3v) is 4.21. The zero-order valence-electron chi connectivity index (χ0n) is 14.4.